The van der Waals surface area contributed by atoms with Crippen molar-refractivity contribution in [3.8, 4) is 0 Å². The number of ketones is 1. The Labute approximate surface area is 129 Å². The first-order valence-electron chi connectivity index (χ1n) is 7.51. The van der Waals surface area contributed by atoms with Crippen LogP contribution in [0.15, 0.2) is 18.2 Å². The first-order chi connectivity index (χ1) is 10.2. The summed E-state index contributed by atoms with van der Waals surface area (Å²) in [5, 5.41) is 5.07. The Kier molecular flexibility index (Phi) is 3.13. The molecule has 1 aliphatic heterocycles. The lowest BCUT2D eigenvalue weighted by Gasteiger charge is -2.32. The van der Waals surface area contributed by atoms with Crippen LogP contribution in [0, 0.1) is 5.41 Å². The largest absolute Gasteiger partial charge is 0.323 e. The van der Waals surface area contributed by atoms with Crippen molar-refractivity contribution in [2.45, 2.75) is 45.6 Å². The van der Waals surface area contributed by atoms with E-state index in [1.54, 1.807) is 0 Å². The third-order valence-corrected chi connectivity index (χ3v) is 4.48. The van der Waals surface area contributed by atoms with Crippen LogP contribution in [0.4, 0.5) is 4.79 Å². The fourth-order valence-corrected chi connectivity index (χ4v) is 3.20. The predicted molar refractivity (Wildman–Crippen MR) is 81.7 cm³/mol. The van der Waals surface area contributed by atoms with E-state index < -0.39 is 17.0 Å². The lowest BCUT2D eigenvalue weighted by atomic mass is 9.76. The number of urea groups is 1. The molecule has 1 spiro atoms. The predicted octanol–water partition coefficient (Wildman–Crippen LogP) is 1.98. The zero-order valence-electron chi connectivity index (χ0n) is 13.1. The fourth-order valence-electron chi connectivity index (χ4n) is 3.20. The van der Waals surface area contributed by atoms with Gasteiger partial charge in [-0.05, 0) is 30.0 Å². The maximum absolute atomic E-state index is 12.4. The quantitative estimate of drug-likeness (QED) is 0.615. The van der Waals surface area contributed by atoms with Crippen LogP contribution in [0.1, 0.15) is 48.7 Å². The third kappa shape index (κ3) is 2.30. The molecule has 3 rings (SSSR count). The molecule has 0 saturated carbocycles. The molecule has 1 fully saturated rings. The van der Waals surface area contributed by atoms with E-state index in [4.69, 9.17) is 0 Å². The summed E-state index contributed by atoms with van der Waals surface area (Å²) in [6.45, 7) is 5.71. The number of imide groups is 1. The summed E-state index contributed by atoms with van der Waals surface area (Å²) in [6, 6.07) is 5.24. The molecule has 1 saturated heterocycles. The molecule has 2 N–H and O–H groups in total. The molecule has 0 bridgehead atoms. The number of rotatable bonds is 1. The van der Waals surface area contributed by atoms with E-state index >= 15 is 0 Å². The Morgan fingerprint density at radius 1 is 1.18 bits per heavy atom. The van der Waals surface area contributed by atoms with Crippen molar-refractivity contribution in [2.24, 2.45) is 5.41 Å². The van der Waals surface area contributed by atoms with Crippen molar-refractivity contribution in [2.75, 3.05) is 0 Å². The Hall–Kier alpha value is -2.17. The lowest BCUT2D eigenvalue weighted by molar-refractivity contribution is -0.124. The van der Waals surface area contributed by atoms with Gasteiger partial charge >= 0.3 is 6.03 Å². The molecule has 1 aromatic rings. The van der Waals surface area contributed by atoms with Crippen molar-refractivity contribution in [3.05, 3.63) is 34.9 Å². The van der Waals surface area contributed by atoms with Gasteiger partial charge in [0.05, 0.1) is 0 Å². The van der Waals surface area contributed by atoms with Gasteiger partial charge in [-0.1, -0.05) is 32.9 Å². The van der Waals surface area contributed by atoms with Crippen molar-refractivity contribution in [1.29, 1.82) is 0 Å². The van der Waals surface area contributed by atoms with E-state index in [1.165, 1.54) is 0 Å². The van der Waals surface area contributed by atoms with Crippen molar-refractivity contribution < 1.29 is 14.4 Å². The van der Waals surface area contributed by atoms with Gasteiger partial charge in [-0.15, -0.1) is 0 Å². The van der Waals surface area contributed by atoms with Crippen LogP contribution in [-0.2, 0) is 17.6 Å². The third-order valence-electron chi connectivity index (χ3n) is 4.48. The monoisotopic (exact) mass is 300 g/mol. The van der Waals surface area contributed by atoms with Crippen LogP contribution < -0.4 is 10.6 Å². The molecule has 116 valence electrons. The number of fused-ring (bicyclic) bond motifs is 1. The Bertz CT molecular complexity index is 688. The minimum Gasteiger partial charge on any atom is -0.323 e. The summed E-state index contributed by atoms with van der Waals surface area (Å²) >= 11 is 0. The van der Waals surface area contributed by atoms with Crippen LogP contribution in [-0.4, -0.2) is 23.3 Å². The van der Waals surface area contributed by atoms with Crippen LogP contribution in [0.5, 0.6) is 0 Å². The maximum atomic E-state index is 12.4. The molecule has 1 aliphatic carbocycles. The second-order valence-electron chi connectivity index (χ2n) is 7.23. The number of carbonyl (C=O) groups is 3. The topological polar surface area (TPSA) is 75.3 Å². The molecule has 22 heavy (non-hydrogen) atoms. The SMILES string of the molecule is CC(C)(C)C(=O)c1ccc2c(c1)CCC1(C2)NC(=O)NC1=O. The molecule has 1 aromatic carbocycles. The molecular weight excluding hydrogens is 280 g/mol. The van der Waals surface area contributed by atoms with Crippen molar-refractivity contribution in [3.63, 3.8) is 0 Å². The molecule has 0 radical (unpaired) electrons. The average Bonchev–Trinajstić information content (AvgIpc) is 2.70. The molecule has 5 heteroatoms. The molecular formula is C17H20N2O3. The smallest absolute Gasteiger partial charge is 0.322 e. The number of hydrogen-bond acceptors (Lipinski definition) is 3. The molecule has 5 nitrogen and oxygen atoms in total. The molecule has 2 aliphatic rings. The average molecular weight is 300 g/mol. The van der Waals surface area contributed by atoms with Gasteiger partial charge in [-0.3, -0.25) is 14.9 Å². The standard InChI is InChI=1S/C17H20N2O3/c1-16(2,3)13(20)11-4-5-12-9-17(7-6-10(12)8-11)14(21)18-15(22)19-17/h4-5,8H,6-7,9H2,1-3H3,(H2,18,19,21,22). The molecule has 0 aromatic heterocycles. The van der Waals surface area contributed by atoms with Gasteiger partial charge in [0.15, 0.2) is 5.78 Å². The van der Waals surface area contributed by atoms with Gasteiger partial charge in [0.2, 0.25) is 0 Å². The van der Waals surface area contributed by atoms with E-state index in [9.17, 15) is 14.4 Å². The maximum Gasteiger partial charge on any atom is 0.322 e. The van der Waals surface area contributed by atoms with Gasteiger partial charge in [0.25, 0.3) is 5.91 Å². The molecule has 3 amide bonds. The van der Waals surface area contributed by atoms with Crippen molar-refractivity contribution in [1.82, 2.24) is 10.6 Å². The lowest BCUT2D eigenvalue weighted by Crippen LogP contribution is -2.51. The highest BCUT2D eigenvalue weighted by Crippen LogP contribution is 2.32. The second-order valence-corrected chi connectivity index (χ2v) is 7.23. The Morgan fingerprint density at radius 2 is 1.91 bits per heavy atom. The number of amides is 3. The highest BCUT2D eigenvalue weighted by atomic mass is 16.2. The first-order valence-corrected chi connectivity index (χ1v) is 7.51. The summed E-state index contributed by atoms with van der Waals surface area (Å²) in [7, 11) is 0. The van der Waals surface area contributed by atoms with Crippen LogP contribution in [0.2, 0.25) is 0 Å². The van der Waals surface area contributed by atoms with E-state index in [0.29, 0.717) is 24.8 Å². The highest BCUT2D eigenvalue weighted by molar-refractivity contribution is 6.07. The summed E-state index contributed by atoms with van der Waals surface area (Å²) in [5.74, 6) is -0.138. The van der Waals surface area contributed by atoms with Gasteiger partial charge in [0.1, 0.15) is 5.54 Å². The van der Waals surface area contributed by atoms with Gasteiger partial charge in [-0.2, -0.15) is 0 Å². The molecule has 1 atom stereocenters. The summed E-state index contributed by atoms with van der Waals surface area (Å²) in [4.78, 5) is 35.8. The number of hydrogen-bond donors (Lipinski definition) is 2. The van der Waals surface area contributed by atoms with Crippen LogP contribution >= 0.6 is 0 Å². The van der Waals surface area contributed by atoms with E-state index in [0.717, 1.165) is 11.1 Å². The Morgan fingerprint density at radius 3 is 2.50 bits per heavy atom. The van der Waals surface area contributed by atoms with Crippen molar-refractivity contribution >= 4 is 17.7 Å². The zero-order valence-corrected chi connectivity index (χ0v) is 13.1. The van der Waals surface area contributed by atoms with Gasteiger partial charge in [0, 0.05) is 17.4 Å². The summed E-state index contributed by atoms with van der Waals surface area (Å²) in [5.41, 5.74) is 1.59. The number of Topliss-reactive ketones (excluding diaryl/α,β-unsaturated/α-hetero) is 1. The first kappa shape index (κ1) is 14.8. The van der Waals surface area contributed by atoms with E-state index in [2.05, 4.69) is 10.6 Å². The Balaban J connectivity index is 1.90. The molecule has 1 heterocycles. The normalized spacial score (nSPS) is 24.0. The number of aryl methyl sites for hydroxylation is 1. The van der Waals surface area contributed by atoms with Gasteiger partial charge in [-0.25, -0.2) is 4.79 Å². The minimum absolute atomic E-state index is 0.113. The minimum atomic E-state index is -0.820. The number of nitrogens with one attached hydrogen (secondary N) is 2. The zero-order chi connectivity index (χ0) is 16.1. The van der Waals surface area contributed by atoms with Gasteiger partial charge < -0.3 is 5.32 Å². The fraction of sp³-hybridized carbons (Fsp3) is 0.471. The number of carbonyl (C=O) groups excluding carboxylic acids is 3. The van der Waals surface area contributed by atoms with E-state index in [-0.39, 0.29) is 11.7 Å². The van der Waals surface area contributed by atoms with Crippen LogP contribution in [0.25, 0.3) is 0 Å². The van der Waals surface area contributed by atoms with E-state index in [1.807, 2.05) is 39.0 Å². The van der Waals surface area contributed by atoms with Crippen LogP contribution in [0.3, 0.4) is 0 Å². The number of benzene rings is 1. The molecule has 1 unspecified atom stereocenters. The second kappa shape index (κ2) is 4.66. The summed E-state index contributed by atoms with van der Waals surface area (Å²) < 4.78 is 0. The highest BCUT2D eigenvalue weighted by Gasteiger charge is 2.47. The summed E-state index contributed by atoms with van der Waals surface area (Å²) in [6.07, 6.45) is 1.71.